The topological polar surface area (TPSA) is 79.3 Å². The lowest BCUT2D eigenvalue weighted by molar-refractivity contribution is -0.139. The zero-order chi connectivity index (χ0) is 30.0. The molecule has 7 rings (SSSR count). The van der Waals surface area contributed by atoms with Gasteiger partial charge in [-0.25, -0.2) is 0 Å². The summed E-state index contributed by atoms with van der Waals surface area (Å²) in [6, 6.07) is 9.95. The van der Waals surface area contributed by atoms with Crippen molar-refractivity contribution >= 4 is 18.0 Å². The number of piperidine rings is 1. The highest BCUT2D eigenvalue weighted by molar-refractivity contribution is 5.92. The molecule has 5 atom stereocenters. The molecule has 2 heterocycles. The summed E-state index contributed by atoms with van der Waals surface area (Å²) in [5.74, 6) is 2.06. The number of esters is 1. The Morgan fingerprint density at radius 3 is 2.74 bits per heavy atom. The zero-order valence-corrected chi connectivity index (χ0v) is 25.8. The molecule has 228 valence electrons. The van der Waals surface area contributed by atoms with E-state index in [2.05, 4.69) is 37.8 Å². The van der Waals surface area contributed by atoms with E-state index in [0.29, 0.717) is 30.0 Å². The number of amides is 1. The van der Waals surface area contributed by atoms with Crippen molar-refractivity contribution in [2.75, 3.05) is 19.6 Å². The van der Waals surface area contributed by atoms with Crippen molar-refractivity contribution in [2.45, 2.75) is 89.8 Å². The van der Waals surface area contributed by atoms with Gasteiger partial charge in [0.05, 0.1) is 6.04 Å². The standard InChI is InChI=1S/C36H44N2O5/c1-21(2)19-38(32(41)13-10-24-7-5-6-22(3)16-24)28-12-11-27-29-17-26-31(42-23(4)39)18-30(40)34-33(26)36(27,35(28)43-34)14-15-37(29)20-25-8-9-25/h5-7,10,13,16,18,21,25,27-29,35,40H,8-9,11-12,14-15,17,19-20H2,1-4H3/t27-,28+,29+,35-,36-/m0/s1. The molecule has 0 unspecified atom stereocenters. The first-order valence-electron chi connectivity index (χ1n) is 16.2. The molecule has 2 aromatic rings. The minimum atomic E-state index is -0.388. The average molecular weight is 585 g/mol. The normalized spacial score (nSPS) is 29.0. The first-order valence-corrected chi connectivity index (χ1v) is 16.2. The van der Waals surface area contributed by atoms with Crippen LogP contribution in [0.4, 0.5) is 0 Å². The summed E-state index contributed by atoms with van der Waals surface area (Å²) in [4.78, 5) is 30.9. The van der Waals surface area contributed by atoms with E-state index in [-0.39, 0.29) is 41.1 Å². The number of ether oxygens (including phenoxy) is 2. The summed E-state index contributed by atoms with van der Waals surface area (Å²) in [6.07, 6.45) is 9.54. The van der Waals surface area contributed by atoms with Crippen molar-refractivity contribution in [3.8, 4) is 17.2 Å². The molecule has 3 aliphatic carbocycles. The van der Waals surface area contributed by atoms with Crippen LogP contribution in [0.1, 0.15) is 75.1 Å². The van der Waals surface area contributed by atoms with Crippen molar-refractivity contribution < 1.29 is 24.2 Å². The molecule has 2 aliphatic heterocycles. The second-order valence-electron chi connectivity index (χ2n) is 14.1. The number of phenols is 1. The average Bonchev–Trinajstić information content (AvgIpc) is 3.71. The third-order valence-electron chi connectivity index (χ3n) is 10.6. The first-order chi connectivity index (χ1) is 20.7. The van der Waals surface area contributed by atoms with E-state index in [1.165, 1.54) is 19.8 Å². The molecule has 1 saturated heterocycles. The number of benzene rings is 2. The van der Waals surface area contributed by atoms with E-state index in [1.54, 1.807) is 12.1 Å². The molecule has 2 bridgehead atoms. The van der Waals surface area contributed by atoms with E-state index in [0.717, 1.165) is 66.9 Å². The summed E-state index contributed by atoms with van der Waals surface area (Å²) in [6.45, 7) is 10.5. The van der Waals surface area contributed by atoms with Gasteiger partial charge < -0.3 is 19.5 Å². The van der Waals surface area contributed by atoms with Gasteiger partial charge in [-0.1, -0.05) is 43.7 Å². The fourth-order valence-corrected chi connectivity index (χ4v) is 8.89. The van der Waals surface area contributed by atoms with Gasteiger partial charge in [-0.05, 0) is 81.4 Å². The number of hydrogen-bond donors (Lipinski definition) is 1. The molecule has 1 spiro atoms. The number of likely N-dealkylation sites (tertiary alicyclic amines) is 1. The quantitative estimate of drug-likeness (QED) is 0.246. The lowest BCUT2D eigenvalue weighted by atomic mass is 9.50. The first kappa shape index (κ1) is 28.5. The van der Waals surface area contributed by atoms with Gasteiger partial charge >= 0.3 is 5.97 Å². The van der Waals surface area contributed by atoms with Crippen LogP contribution >= 0.6 is 0 Å². The number of nitrogens with zero attached hydrogens (tertiary/aromatic N) is 2. The molecule has 0 aromatic heterocycles. The maximum absolute atomic E-state index is 14.0. The maximum atomic E-state index is 14.0. The molecule has 1 amide bonds. The van der Waals surface area contributed by atoms with Crippen molar-refractivity contribution in [1.29, 1.82) is 0 Å². The van der Waals surface area contributed by atoms with Crippen molar-refractivity contribution in [1.82, 2.24) is 9.80 Å². The van der Waals surface area contributed by atoms with Gasteiger partial charge in [0.15, 0.2) is 11.5 Å². The third kappa shape index (κ3) is 4.84. The molecule has 43 heavy (non-hydrogen) atoms. The molecular formula is C36H44N2O5. The van der Waals surface area contributed by atoms with Gasteiger partial charge in [0.2, 0.25) is 5.91 Å². The van der Waals surface area contributed by atoms with E-state index >= 15 is 0 Å². The number of carbonyl (C=O) groups is 2. The second kappa shape index (κ2) is 10.7. The lowest BCUT2D eigenvalue weighted by Crippen LogP contribution is -2.69. The van der Waals surface area contributed by atoms with Gasteiger partial charge in [-0.3, -0.25) is 14.5 Å². The fourth-order valence-electron chi connectivity index (χ4n) is 8.89. The van der Waals surface area contributed by atoms with E-state index in [4.69, 9.17) is 9.47 Å². The van der Waals surface area contributed by atoms with Gasteiger partial charge in [-0.2, -0.15) is 0 Å². The number of aryl methyl sites for hydroxylation is 1. The molecule has 7 nitrogen and oxygen atoms in total. The highest BCUT2D eigenvalue weighted by Gasteiger charge is 2.67. The van der Waals surface area contributed by atoms with Gasteiger partial charge in [-0.15, -0.1) is 0 Å². The molecule has 0 radical (unpaired) electrons. The molecule has 2 aromatic carbocycles. The van der Waals surface area contributed by atoms with Crippen molar-refractivity contribution in [3.63, 3.8) is 0 Å². The second-order valence-corrected chi connectivity index (χ2v) is 14.1. The molecule has 1 N–H and O–H groups in total. The Morgan fingerprint density at radius 2 is 2.02 bits per heavy atom. The minimum Gasteiger partial charge on any atom is -0.504 e. The van der Waals surface area contributed by atoms with E-state index in [1.807, 2.05) is 23.1 Å². The molecule has 7 heteroatoms. The predicted molar refractivity (Wildman–Crippen MR) is 165 cm³/mol. The Hall–Kier alpha value is -3.32. The number of carbonyl (C=O) groups excluding carboxylic acids is 2. The van der Waals surface area contributed by atoms with Crippen LogP contribution in [0.15, 0.2) is 36.4 Å². The van der Waals surface area contributed by atoms with Crippen LogP contribution in [0.2, 0.25) is 0 Å². The van der Waals surface area contributed by atoms with Crippen LogP contribution in [0.25, 0.3) is 6.08 Å². The largest absolute Gasteiger partial charge is 0.504 e. The lowest BCUT2D eigenvalue weighted by Gasteiger charge is -2.60. The summed E-state index contributed by atoms with van der Waals surface area (Å²) in [7, 11) is 0. The number of phenolic OH excluding ortho intramolecular Hbond substituents is 1. The predicted octanol–water partition coefficient (Wildman–Crippen LogP) is 5.64. The summed E-state index contributed by atoms with van der Waals surface area (Å²) in [5, 5.41) is 11.3. The van der Waals surface area contributed by atoms with Crippen LogP contribution in [0, 0.1) is 24.7 Å². The van der Waals surface area contributed by atoms with Crippen molar-refractivity contribution in [3.05, 3.63) is 58.7 Å². The summed E-state index contributed by atoms with van der Waals surface area (Å²) >= 11 is 0. The van der Waals surface area contributed by atoms with Crippen LogP contribution in [0.5, 0.6) is 17.2 Å². The van der Waals surface area contributed by atoms with Crippen LogP contribution in [-0.4, -0.2) is 64.6 Å². The van der Waals surface area contributed by atoms with E-state index in [9.17, 15) is 14.7 Å². The highest BCUT2D eigenvalue weighted by atomic mass is 16.5. The Kier molecular flexibility index (Phi) is 7.07. The smallest absolute Gasteiger partial charge is 0.308 e. The van der Waals surface area contributed by atoms with Crippen LogP contribution < -0.4 is 9.47 Å². The zero-order valence-electron chi connectivity index (χ0n) is 25.8. The van der Waals surface area contributed by atoms with E-state index < -0.39 is 0 Å². The number of aromatic hydroxyl groups is 1. The Morgan fingerprint density at radius 1 is 1.21 bits per heavy atom. The third-order valence-corrected chi connectivity index (χ3v) is 10.6. The molecular weight excluding hydrogens is 540 g/mol. The Labute approximate surface area is 254 Å². The number of rotatable bonds is 8. The van der Waals surface area contributed by atoms with Gasteiger partial charge in [0.25, 0.3) is 0 Å². The fraction of sp³-hybridized carbons (Fsp3) is 0.556. The Balaban J connectivity index is 1.29. The van der Waals surface area contributed by atoms with Crippen LogP contribution in [-0.2, 0) is 21.4 Å². The van der Waals surface area contributed by atoms with Gasteiger partial charge in [0, 0.05) is 54.7 Å². The van der Waals surface area contributed by atoms with Gasteiger partial charge in [0.1, 0.15) is 11.9 Å². The molecule has 5 aliphatic rings. The van der Waals surface area contributed by atoms with Crippen LogP contribution in [0.3, 0.4) is 0 Å². The Bertz CT molecular complexity index is 1480. The maximum Gasteiger partial charge on any atom is 0.308 e. The summed E-state index contributed by atoms with van der Waals surface area (Å²) in [5.41, 5.74) is 3.88. The molecule has 3 fully saturated rings. The highest BCUT2D eigenvalue weighted by Crippen LogP contribution is 2.66. The number of hydrogen-bond acceptors (Lipinski definition) is 6. The minimum absolute atomic E-state index is 0.00168. The van der Waals surface area contributed by atoms with Crippen molar-refractivity contribution in [2.24, 2.45) is 17.8 Å². The SMILES string of the molecule is CC(=O)Oc1cc(O)c2c3c1C[C@@H]1[C@@H]4CC[C@@H](N(CC(C)C)C(=O)C=Cc5cccc(C)c5)[C@H](O2)[C@]34CCN1CC1CC1. The summed E-state index contributed by atoms with van der Waals surface area (Å²) < 4.78 is 12.6. The molecule has 2 saturated carbocycles. The monoisotopic (exact) mass is 584 g/mol.